The molecule has 1 atom stereocenters. The highest BCUT2D eigenvalue weighted by molar-refractivity contribution is 5.98. The van der Waals surface area contributed by atoms with Crippen molar-refractivity contribution in [2.75, 3.05) is 41.3 Å². The molecule has 3 heterocycles. The van der Waals surface area contributed by atoms with Gasteiger partial charge >= 0.3 is 18.4 Å². The highest BCUT2D eigenvalue weighted by Crippen LogP contribution is 2.37. The molecule has 0 bridgehead atoms. The molecule has 3 amide bonds. The number of aromatic nitrogens is 2. The number of amides is 3. The minimum atomic E-state index is -4.67. The summed E-state index contributed by atoms with van der Waals surface area (Å²) in [7, 11) is 0. The zero-order valence-electron chi connectivity index (χ0n) is 23.3. The fourth-order valence-corrected chi connectivity index (χ4v) is 4.60. The molecule has 2 saturated heterocycles. The van der Waals surface area contributed by atoms with Crippen molar-refractivity contribution in [3.05, 3.63) is 35.5 Å². The Bertz CT molecular complexity index is 1340. The van der Waals surface area contributed by atoms with E-state index in [4.69, 9.17) is 20.9 Å². The van der Waals surface area contributed by atoms with Gasteiger partial charge < -0.3 is 41.4 Å². The first-order chi connectivity index (χ1) is 19.6. The lowest BCUT2D eigenvalue weighted by molar-refractivity contribution is -0.137. The zero-order valence-corrected chi connectivity index (χ0v) is 23.3. The number of piperidine rings is 1. The van der Waals surface area contributed by atoms with Crippen LogP contribution in [0, 0.1) is 0 Å². The summed E-state index contributed by atoms with van der Waals surface area (Å²) in [5.41, 5.74) is 9.13. The monoisotopic (exact) mass is 594 g/mol. The van der Waals surface area contributed by atoms with Crippen molar-refractivity contribution < 1.29 is 37.0 Å². The van der Waals surface area contributed by atoms with Crippen LogP contribution in [0.1, 0.15) is 49.5 Å². The molecule has 42 heavy (non-hydrogen) atoms. The van der Waals surface area contributed by atoms with Gasteiger partial charge in [0, 0.05) is 37.2 Å². The predicted molar refractivity (Wildman–Crippen MR) is 147 cm³/mol. The van der Waals surface area contributed by atoms with Gasteiger partial charge in [-0.05, 0) is 51.8 Å². The number of benzene rings is 1. The van der Waals surface area contributed by atoms with E-state index in [1.54, 1.807) is 30.6 Å². The molecule has 0 aliphatic carbocycles. The lowest BCUT2D eigenvalue weighted by Gasteiger charge is -2.41. The maximum atomic E-state index is 13.8. The summed E-state index contributed by atoms with van der Waals surface area (Å²) in [6.07, 6.45) is -4.29. The molecular weight excluding hydrogens is 561 g/mol. The summed E-state index contributed by atoms with van der Waals surface area (Å²) < 4.78 is 51.9. The van der Waals surface area contributed by atoms with Crippen LogP contribution in [-0.2, 0) is 15.7 Å². The number of ether oxygens (including phenoxy) is 2. The van der Waals surface area contributed by atoms with Gasteiger partial charge in [0.15, 0.2) is 0 Å². The first-order valence-electron chi connectivity index (χ1n) is 13.2. The highest BCUT2D eigenvalue weighted by atomic mass is 19.4. The minimum absolute atomic E-state index is 0.00380. The van der Waals surface area contributed by atoms with Crippen LogP contribution in [0.15, 0.2) is 24.4 Å². The van der Waals surface area contributed by atoms with E-state index in [1.165, 1.54) is 12.3 Å². The third-order valence-electron chi connectivity index (χ3n) is 6.46. The van der Waals surface area contributed by atoms with Crippen LogP contribution in [0.25, 0.3) is 0 Å². The van der Waals surface area contributed by atoms with Gasteiger partial charge in [-0.15, -0.1) is 0 Å². The average molecular weight is 595 g/mol. The average Bonchev–Trinajstić information content (AvgIpc) is 2.83. The van der Waals surface area contributed by atoms with E-state index in [2.05, 4.69) is 20.6 Å². The topological polar surface area (TPSA) is 178 Å². The van der Waals surface area contributed by atoms with Crippen LogP contribution in [-0.4, -0.2) is 72.0 Å². The smallest absolute Gasteiger partial charge is 0.416 e. The second kappa shape index (κ2) is 11.8. The van der Waals surface area contributed by atoms with Gasteiger partial charge in [-0.1, -0.05) is 0 Å². The molecule has 2 aliphatic rings. The Morgan fingerprint density at radius 3 is 2.38 bits per heavy atom. The number of alkyl halides is 3. The van der Waals surface area contributed by atoms with Crippen molar-refractivity contribution in [3.8, 4) is 0 Å². The molecule has 4 rings (SSSR count). The number of nitrogens with zero attached hydrogens (tertiary/aromatic N) is 4. The molecule has 1 aromatic heterocycles. The molecule has 228 valence electrons. The van der Waals surface area contributed by atoms with Crippen molar-refractivity contribution in [1.82, 2.24) is 15.3 Å². The standard InChI is InChI=1S/C26H33F3N8O5/c1-25(2,3)42-24(40)34-16-11-37(12-16)17-8-14(26(27,28)29)7-15(9-17)33-21-19(20(30)38)10-32-23(35-21)36-6-4-5-18(13-36)41-22(31)39/h7-10,16,18H,4-6,11-13H2,1-3H3,(H2,30,38)(H2,31,39)(H,34,40)(H,32,33,35). The molecule has 2 aromatic rings. The maximum Gasteiger partial charge on any atom is 0.416 e. The van der Waals surface area contributed by atoms with Gasteiger partial charge in [0.1, 0.15) is 23.1 Å². The van der Waals surface area contributed by atoms with Gasteiger partial charge in [-0.2, -0.15) is 18.2 Å². The Balaban J connectivity index is 1.56. The maximum absolute atomic E-state index is 13.8. The van der Waals surface area contributed by atoms with Crippen molar-refractivity contribution in [1.29, 1.82) is 0 Å². The number of carbonyl (C=O) groups is 3. The SMILES string of the molecule is CC(C)(C)OC(=O)NC1CN(c2cc(Nc3nc(N4CCCC(OC(N)=O)C4)ncc3C(N)=O)cc(C(F)(F)F)c2)C1. The van der Waals surface area contributed by atoms with Crippen LogP contribution >= 0.6 is 0 Å². The van der Waals surface area contributed by atoms with Crippen molar-refractivity contribution >= 4 is 41.2 Å². The van der Waals surface area contributed by atoms with Gasteiger partial charge in [0.25, 0.3) is 5.91 Å². The quantitative estimate of drug-likeness (QED) is 0.372. The number of primary amides is 2. The lowest BCUT2D eigenvalue weighted by Crippen LogP contribution is -2.60. The van der Waals surface area contributed by atoms with E-state index < -0.39 is 41.5 Å². The van der Waals surface area contributed by atoms with Crippen molar-refractivity contribution in [2.24, 2.45) is 11.5 Å². The molecule has 2 aliphatic heterocycles. The van der Waals surface area contributed by atoms with E-state index in [-0.39, 0.29) is 54.4 Å². The first kappa shape index (κ1) is 30.5. The third-order valence-corrected chi connectivity index (χ3v) is 6.46. The van der Waals surface area contributed by atoms with E-state index in [1.807, 2.05) is 0 Å². The number of nitrogens with two attached hydrogens (primary N) is 2. The summed E-state index contributed by atoms with van der Waals surface area (Å²) >= 11 is 0. The van der Waals surface area contributed by atoms with Crippen molar-refractivity contribution in [3.63, 3.8) is 0 Å². The molecule has 0 saturated carbocycles. The first-order valence-corrected chi connectivity index (χ1v) is 13.2. The molecule has 0 spiro atoms. The molecular formula is C26H33F3N8O5. The Morgan fingerprint density at radius 2 is 1.76 bits per heavy atom. The number of rotatable bonds is 7. The van der Waals surface area contributed by atoms with Gasteiger partial charge in [-0.3, -0.25) is 4.79 Å². The number of halogens is 3. The largest absolute Gasteiger partial charge is 0.445 e. The highest BCUT2D eigenvalue weighted by Gasteiger charge is 2.35. The lowest BCUT2D eigenvalue weighted by atomic mass is 10.1. The fraction of sp³-hybridized carbons (Fsp3) is 0.500. The van der Waals surface area contributed by atoms with Gasteiger partial charge in [0.2, 0.25) is 5.95 Å². The van der Waals surface area contributed by atoms with Crippen LogP contribution in [0.2, 0.25) is 0 Å². The van der Waals surface area contributed by atoms with Gasteiger partial charge in [0.05, 0.1) is 18.2 Å². The summed E-state index contributed by atoms with van der Waals surface area (Å²) in [4.78, 5) is 47.3. The normalized spacial score (nSPS) is 17.7. The molecule has 0 radical (unpaired) electrons. The zero-order chi connectivity index (χ0) is 30.8. The van der Waals surface area contributed by atoms with Crippen LogP contribution in [0.3, 0.4) is 0 Å². The Kier molecular flexibility index (Phi) is 8.54. The third kappa shape index (κ3) is 7.82. The summed E-state index contributed by atoms with van der Waals surface area (Å²) in [5.74, 6) is -0.821. The summed E-state index contributed by atoms with van der Waals surface area (Å²) in [6.45, 7) is 6.43. The van der Waals surface area contributed by atoms with Crippen LogP contribution < -0.4 is 31.9 Å². The summed E-state index contributed by atoms with van der Waals surface area (Å²) in [5, 5.41) is 5.50. The Hall–Kier alpha value is -4.50. The molecule has 1 unspecified atom stereocenters. The summed E-state index contributed by atoms with van der Waals surface area (Å²) in [6, 6.07) is 3.05. The van der Waals surface area contributed by atoms with E-state index >= 15 is 0 Å². The molecule has 1 aromatic carbocycles. The number of alkyl carbamates (subject to hydrolysis) is 1. The number of hydrogen-bond acceptors (Lipinski definition) is 10. The molecule has 2 fully saturated rings. The Labute approximate surface area is 239 Å². The number of carbonyl (C=O) groups excluding carboxylic acids is 3. The second-order valence-electron chi connectivity index (χ2n) is 11.1. The number of hydrogen-bond donors (Lipinski definition) is 4. The van der Waals surface area contributed by atoms with E-state index in [9.17, 15) is 27.6 Å². The van der Waals surface area contributed by atoms with Crippen molar-refractivity contribution in [2.45, 2.75) is 57.5 Å². The van der Waals surface area contributed by atoms with Crippen LogP contribution in [0.4, 0.5) is 45.9 Å². The predicted octanol–water partition coefficient (Wildman–Crippen LogP) is 3.12. The molecule has 13 nitrogen and oxygen atoms in total. The van der Waals surface area contributed by atoms with Crippen LogP contribution in [0.5, 0.6) is 0 Å². The molecule has 16 heteroatoms. The second-order valence-corrected chi connectivity index (χ2v) is 11.1. The van der Waals surface area contributed by atoms with E-state index in [0.717, 1.165) is 12.1 Å². The number of nitrogens with one attached hydrogen (secondary N) is 2. The fourth-order valence-electron chi connectivity index (χ4n) is 4.60. The van der Waals surface area contributed by atoms with Gasteiger partial charge in [-0.25, -0.2) is 14.6 Å². The number of anilines is 4. The van der Waals surface area contributed by atoms with E-state index in [0.29, 0.717) is 19.4 Å². The Morgan fingerprint density at radius 1 is 1.05 bits per heavy atom. The minimum Gasteiger partial charge on any atom is -0.445 e. The molecule has 6 N–H and O–H groups in total.